The Balaban J connectivity index is 1.23. The van der Waals surface area contributed by atoms with Gasteiger partial charge in [-0.25, -0.2) is 4.39 Å². The molecule has 5 heteroatoms. The maximum Gasteiger partial charge on any atom is 0.270 e. The van der Waals surface area contributed by atoms with E-state index >= 15 is 0 Å². The molecule has 2 heterocycles. The number of amides is 1. The first kappa shape index (κ1) is 17.4. The minimum Gasteiger partial charge on any atom is -0.351 e. The van der Waals surface area contributed by atoms with Gasteiger partial charge in [0.1, 0.15) is 11.5 Å². The molecular weight excluding hydrogens is 353 g/mol. The van der Waals surface area contributed by atoms with Crippen molar-refractivity contribution in [1.82, 2.24) is 14.8 Å². The Morgan fingerprint density at radius 3 is 2.61 bits per heavy atom. The number of aromatic amines is 1. The number of fused-ring (bicyclic) bond motifs is 2. The van der Waals surface area contributed by atoms with Crippen LogP contribution in [-0.2, 0) is 12.8 Å². The first-order chi connectivity index (χ1) is 13.7. The predicted octanol–water partition coefficient (Wildman–Crippen LogP) is 3.62. The van der Waals surface area contributed by atoms with Gasteiger partial charge in [0.15, 0.2) is 0 Å². The average molecular weight is 377 g/mol. The molecule has 1 amide bonds. The van der Waals surface area contributed by atoms with E-state index in [0.29, 0.717) is 11.7 Å². The summed E-state index contributed by atoms with van der Waals surface area (Å²) in [6.07, 6.45) is 3.45. The van der Waals surface area contributed by atoms with E-state index in [1.54, 1.807) is 12.1 Å². The number of hydrogen-bond donors (Lipinski definition) is 1. The van der Waals surface area contributed by atoms with Crippen LogP contribution in [0.3, 0.4) is 0 Å². The molecular formula is C23H24FN3O. The number of rotatable bonds is 2. The van der Waals surface area contributed by atoms with Gasteiger partial charge in [0.2, 0.25) is 0 Å². The number of H-pyrrole nitrogens is 1. The molecule has 1 unspecified atom stereocenters. The van der Waals surface area contributed by atoms with Crippen molar-refractivity contribution in [1.29, 1.82) is 0 Å². The number of aryl methyl sites for hydroxylation is 1. The fourth-order valence-corrected chi connectivity index (χ4v) is 4.67. The van der Waals surface area contributed by atoms with Gasteiger partial charge in [0, 0.05) is 43.1 Å². The predicted molar refractivity (Wildman–Crippen MR) is 108 cm³/mol. The van der Waals surface area contributed by atoms with Crippen LogP contribution in [0.25, 0.3) is 10.9 Å². The molecule has 1 saturated heterocycles. The number of piperazine rings is 1. The second kappa shape index (κ2) is 7.06. The van der Waals surface area contributed by atoms with E-state index in [0.717, 1.165) is 49.9 Å². The Hall–Kier alpha value is -2.66. The van der Waals surface area contributed by atoms with Crippen LogP contribution in [0.1, 0.15) is 28.0 Å². The van der Waals surface area contributed by atoms with Crippen molar-refractivity contribution < 1.29 is 9.18 Å². The van der Waals surface area contributed by atoms with E-state index in [2.05, 4.69) is 34.1 Å². The highest BCUT2D eigenvalue weighted by atomic mass is 19.1. The first-order valence-corrected chi connectivity index (χ1v) is 10.1. The van der Waals surface area contributed by atoms with Crippen LogP contribution >= 0.6 is 0 Å². The molecule has 1 fully saturated rings. The Bertz CT molecular complexity index is 1020. The van der Waals surface area contributed by atoms with Crippen molar-refractivity contribution in [2.45, 2.75) is 25.3 Å². The first-order valence-electron chi connectivity index (χ1n) is 10.1. The standard InChI is InChI=1S/C23H24FN3O/c24-19-6-8-21-18(13-19)15-22(25-21)23(28)27-11-9-26(10-12-27)20-7-5-16-3-1-2-4-17(16)14-20/h1-4,6,8,13,15,20,25H,5,7,9-12,14H2. The Morgan fingerprint density at radius 1 is 1.00 bits per heavy atom. The number of nitrogens with zero attached hydrogens (tertiary/aromatic N) is 2. The van der Waals surface area contributed by atoms with Gasteiger partial charge in [-0.05, 0) is 54.7 Å². The van der Waals surface area contributed by atoms with Gasteiger partial charge in [0.25, 0.3) is 5.91 Å². The molecule has 0 radical (unpaired) electrons. The maximum atomic E-state index is 13.4. The summed E-state index contributed by atoms with van der Waals surface area (Å²) in [4.78, 5) is 20.5. The van der Waals surface area contributed by atoms with E-state index in [4.69, 9.17) is 0 Å². The number of halogens is 1. The minimum absolute atomic E-state index is 0.00486. The lowest BCUT2D eigenvalue weighted by Crippen LogP contribution is -2.53. The molecule has 144 valence electrons. The number of hydrogen-bond acceptors (Lipinski definition) is 2. The monoisotopic (exact) mass is 377 g/mol. The highest BCUT2D eigenvalue weighted by Gasteiger charge is 2.29. The molecule has 0 spiro atoms. The van der Waals surface area contributed by atoms with E-state index in [1.807, 2.05) is 4.90 Å². The van der Waals surface area contributed by atoms with E-state index in [1.165, 1.54) is 29.7 Å². The molecule has 1 aliphatic carbocycles. The smallest absolute Gasteiger partial charge is 0.270 e. The molecule has 2 aromatic carbocycles. The summed E-state index contributed by atoms with van der Waals surface area (Å²) in [6.45, 7) is 3.29. The molecule has 1 aromatic heterocycles. The van der Waals surface area contributed by atoms with Crippen molar-refractivity contribution in [3.8, 4) is 0 Å². The molecule has 1 N–H and O–H groups in total. The second-order valence-electron chi connectivity index (χ2n) is 7.91. The summed E-state index contributed by atoms with van der Waals surface area (Å²) in [5.41, 5.74) is 4.30. The molecule has 2 aliphatic rings. The summed E-state index contributed by atoms with van der Waals surface area (Å²) in [5.74, 6) is -0.279. The normalized spacial score (nSPS) is 20.3. The SMILES string of the molecule is O=C(c1cc2cc(F)ccc2[nH]1)N1CCN(C2CCc3ccccc3C2)CC1. The summed E-state index contributed by atoms with van der Waals surface area (Å²) in [7, 11) is 0. The molecule has 4 nitrogen and oxygen atoms in total. The molecule has 1 aliphatic heterocycles. The zero-order valence-corrected chi connectivity index (χ0v) is 15.8. The Labute approximate surface area is 163 Å². The van der Waals surface area contributed by atoms with Crippen molar-refractivity contribution in [2.75, 3.05) is 26.2 Å². The fraction of sp³-hybridized carbons (Fsp3) is 0.348. The molecule has 0 bridgehead atoms. The average Bonchev–Trinajstić information content (AvgIpc) is 3.16. The summed E-state index contributed by atoms with van der Waals surface area (Å²) >= 11 is 0. The number of benzene rings is 2. The quantitative estimate of drug-likeness (QED) is 0.741. The lowest BCUT2D eigenvalue weighted by molar-refractivity contribution is 0.0548. The largest absolute Gasteiger partial charge is 0.351 e. The van der Waals surface area contributed by atoms with E-state index < -0.39 is 0 Å². The zero-order chi connectivity index (χ0) is 19.1. The third-order valence-electron chi connectivity index (χ3n) is 6.25. The molecule has 5 rings (SSSR count). The van der Waals surface area contributed by atoms with Gasteiger partial charge in [-0.2, -0.15) is 0 Å². The zero-order valence-electron chi connectivity index (χ0n) is 15.8. The second-order valence-corrected chi connectivity index (χ2v) is 7.91. The van der Waals surface area contributed by atoms with Crippen LogP contribution in [0.2, 0.25) is 0 Å². The van der Waals surface area contributed by atoms with Crippen LogP contribution in [0.4, 0.5) is 4.39 Å². The number of carbonyl (C=O) groups is 1. The van der Waals surface area contributed by atoms with Crippen LogP contribution in [0.15, 0.2) is 48.5 Å². The van der Waals surface area contributed by atoms with E-state index in [-0.39, 0.29) is 11.7 Å². The van der Waals surface area contributed by atoms with Gasteiger partial charge < -0.3 is 9.88 Å². The molecule has 1 atom stereocenters. The van der Waals surface area contributed by atoms with Crippen molar-refractivity contribution >= 4 is 16.8 Å². The number of aromatic nitrogens is 1. The fourth-order valence-electron chi connectivity index (χ4n) is 4.67. The highest BCUT2D eigenvalue weighted by molar-refractivity contribution is 5.98. The number of nitrogens with one attached hydrogen (secondary N) is 1. The van der Waals surface area contributed by atoms with Gasteiger partial charge in [-0.1, -0.05) is 24.3 Å². The summed E-state index contributed by atoms with van der Waals surface area (Å²) in [6, 6.07) is 15.6. The highest BCUT2D eigenvalue weighted by Crippen LogP contribution is 2.25. The van der Waals surface area contributed by atoms with Gasteiger partial charge in [-0.15, -0.1) is 0 Å². The third kappa shape index (κ3) is 3.20. The molecule has 0 saturated carbocycles. The van der Waals surface area contributed by atoms with Crippen LogP contribution in [0.5, 0.6) is 0 Å². The van der Waals surface area contributed by atoms with Crippen LogP contribution in [0, 0.1) is 5.82 Å². The summed E-state index contributed by atoms with van der Waals surface area (Å²) in [5, 5.41) is 0.739. The van der Waals surface area contributed by atoms with Gasteiger partial charge in [-0.3, -0.25) is 9.69 Å². The van der Waals surface area contributed by atoms with Crippen LogP contribution < -0.4 is 0 Å². The maximum absolute atomic E-state index is 13.4. The van der Waals surface area contributed by atoms with Gasteiger partial charge in [0.05, 0.1) is 0 Å². The number of carbonyl (C=O) groups excluding carboxylic acids is 1. The van der Waals surface area contributed by atoms with Gasteiger partial charge >= 0.3 is 0 Å². The minimum atomic E-state index is -0.284. The molecule has 28 heavy (non-hydrogen) atoms. The summed E-state index contributed by atoms with van der Waals surface area (Å²) < 4.78 is 13.4. The topological polar surface area (TPSA) is 39.3 Å². The lowest BCUT2D eigenvalue weighted by Gasteiger charge is -2.41. The van der Waals surface area contributed by atoms with Crippen molar-refractivity contribution in [3.63, 3.8) is 0 Å². The lowest BCUT2D eigenvalue weighted by atomic mass is 9.87. The Morgan fingerprint density at radius 2 is 1.79 bits per heavy atom. The van der Waals surface area contributed by atoms with Crippen molar-refractivity contribution in [3.05, 3.63) is 71.2 Å². The van der Waals surface area contributed by atoms with Crippen LogP contribution in [-0.4, -0.2) is 52.9 Å². The third-order valence-corrected chi connectivity index (χ3v) is 6.25. The Kier molecular flexibility index (Phi) is 4.40. The van der Waals surface area contributed by atoms with Crippen molar-refractivity contribution in [2.24, 2.45) is 0 Å². The molecule has 3 aromatic rings. The van der Waals surface area contributed by atoms with E-state index in [9.17, 15) is 9.18 Å².